The predicted molar refractivity (Wildman–Crippen MR) is 76.8 cm³/mol. The van der Waals surface area contributed by atoms with Gasteiger partial charge in [-0.2, -0.15) is 0 Å². The first-order chi connectivity index (χ1) is 8.35. The third kappa shape index (κ3) is 2.91. The minimum atomic E-state index is 0.303. The maximum Gasteiger partial charge on any atom is 0.0655 e. The summed E-state index contributed by atoms with van der Waals surface area (Å²) in [6.07, 6.45) is 7.11. The van der Waals surface area contributed by atoms with Gasteiger partial charge in [-0.3, -0.25) is 0 Å². The molecule has 0 radical (unpaired) electrons. The summed E-state index contributed by atoms with van der Waals surface area (Å²) in [6.45, 7) is 12.5. The van der Waals surface area contributed by atoms with Gasteiger partial charge in [0.2, 0.25) is 0 Å². The van der Waals surface area contributed by atoms with Gasteiger partial charge in [-0.1, -0.05) is 34.1 Å². The molecule has 2 rings (SSSR count). The Morgan fingerprint density at radius 2 is 1.94 bits per heavy atom. The highest BCUT2D eigenvalue weighted by molar-refractivity contribution is 5.04. The molecule has 0 aromatic rings. The molecule has 2 saturated carbocycles. The average Bonchev–Trinajstić information content (AvgIpc) is 2.26. The minimum absolute atomic E-state index is 0.303. The summed E-state index contributed by atoms with van der Waals surface area (Å²) in [5.41, 5.74) is 0.834. The lowest BCUT2D eigenvalue weighted by atomic mass is 9.63. The summed E-state index contributed by atoms with van der Waals surface area (Å²) in [7, 11) is 0. The molecule has 1 N–H and O–H groups in total. The van der Waals surface area contributed by atoms with E-state index in [9.17, 15) is 0 Å². The van der Waals surface area contributed by atoms with Crippen LogP contribution in [0.2, 0.25) is 0 Å². The van der Waals surface area contributed by atoms with Crippen molar-refractivity contribution >= 4 is 0 Å². The number of hydrogen-bond acceptors (Lipinski definition) is 2. The van der Waals surface area contributed by atoms with Crippen molar-refractivity contribution in [3.63, 3.8) is 0 Å². The molecule has 0 aromatic heterocycles. The first kappa shape index (κ1) is 14.3. The van der Waals surface area contributed by atoms with Crippen LogP contribution >= 0.6 is 0 Å². The molecule has 0 spiro atoms. The summed E-state index contributed by atoms with van der Waals surface area (Å²) in [5, 5.41) is 3.91. The second-order valence-electron chi connectivity index (χ2n) is 7.68. The Morgan fingerprint density at radius 3 is 2.50 bits per heavy atom. The zero-order valence-corrected chi connectivity index (χ0v) is 12.9. The highest BCUT2D eigenvalue weighted by atomic mass is 16.5. The molecule has 0 heterocycles. The van der Waals surface area contributed by atoms with Crippen LogP contribution in [0.3, 0.4) is 0 Å². The Hall–Kier alpha value is -0.0800. The van der Waals surface area contributed by atoms with Crippen LogP contribution in [0.4, 0.5) is 0 Å². The molecule has 0 aliphatic heterocycles. The maximum atomic E-state index is 5.81. The Labute approximate surface area is 113 Å². The minimum Gasteiger partial charge on any atom is -0.378 e. The molecule has 0 saturated heterocycles. The van der Waals surface area contributed by atoms with E-state index in [2.05, 4.69) is 39.9 Å². The van der Waals surface area contributed by atoms with E-state index in [4.69, 9.17) is 4.74 Å². The molecule has 2 aliphatic carbocycles. The fraction of sp³-hybridized carbons (Fsp3) is 1.00. The van der Waals surface area contributed by atoms with E-state index in [-0.39, 0.29) is 0 Å². The van der Waals surface area contributed by atoms with Crippen LogP contribution in [-0.2, 0) is 4.74 Å². The molecule has 2 nitrogen and oxygen atoms in total. The molecule has 18 heavy (non-hydrogen) atoms. The summed E-state index contributed by atoms with van der Waals surface area (Å²) in [5.74, 6) is 0. The van der Waals surface area contributed by atoms with Crippen LogP contribution in [0.25, 0.3) is 0 Å². The first-order valence-corrected chi connectivity index (χ1v) is 7.73. The van der Waals surface area contributed by atoms with Gasteiger partial charge in [0.15, 0.2) is 0 Å². The molecule has 2 fully saturated rings. The molecule has 106 valence electrons. The highest BCUT2D eigenvalue weighted by Gasteiger charge is 2.49. The van der Waals surface area contributed by atoms with Gasteiger partial charge in [-0.15, -0.1) is 0 Å². The molecule has 3 unspecified atom stereocenters. The van der Waals surface area contributed by atoms with Gasteiger partial charge in [0, 0.05) is 24.1 Å². The molecule has 2 aliphatic rings. The summed E-state index contributed by atoms with van der Waals surface area (Å²) < 4.78 is 5.81. The van der Waals surface area contributed by atoms with Crippen molar-refractivity contribution in [3.05, 3.63) is 0 Å². The van der Waals surface area contributed by atoms with Gasteiger partial charge in [-0.25, -0.2) is 0 Å². The van der Waals surface area contributed by atoms with Crippen LogP contribution in [0, 0.1) is 10.8 Å². The van der Waals surface area contributed by atoms with E-state index < -0.39 is 0 Å². The van der Waals surface area contributed by atoms with Gasteiger partial charge in [-0.05, 0) is 38.0 Å². The van der Waals surface area contributed by atoms with Gasteiger partial charge in [0.25, 0.3) is 0 Å². The molecular weight excluding hydrogens is 222 g/mol. The van der Waals surface area contributed by atoms with Crippen LogP contribution < -0.4 is 5.32 Å². The third-order valence-corrected chi connectivity index (χ3v) is 5.19. The second kappa shape index (κ2) is 5.13. The summed E-state index contributed by atoms with van der Waals surface area (Å²) >= 11 is 0. The molecule has 2 heteroatoms. The number of hydrogen-bond donors (Lipinski definition) is 1. The fourth-order valence-electron chi connectivity index (χ4n) is 3.78. The Morgan fingerprint density at radius 1 is 1.22 bits per heavy atom. The number of ether oxygens (including phenoxy) is 1. The van der Waals surface area contributed by atoms with E-state index in [1.165, 1.54) is 32.1 Å². The third-order valence-electron chi connectivity index (χ3n) is 5.19. The van der Waals surface area contributed by atoms with E-state index in [0.717, 1.165) is 12.6 Å². The van der Waals surface area contributed by atoms with Crippen LogP contribution in [0.15, 0.2) is 0 Å². The van der Waals surface area contributed by atoms with E-state index in [1.807, 2.05) is 0 Å². The van der Waals surface area contributed by atoms with Gasteiger partial charge >= 0.3 is 0 Å². The smallest absolute Gasteiger partial charge is 0.0655 e. The zero-order chi connectivity index (χ0) is 13.4. The largest absolute Gasteiger partial charge is 0.378 e. The topological polar surface area (TPSA) is 21.3 Å². The lowest BCUT2D eigenvalue weighted by Gasteiger charge is -2.53. The van der Waals surface area contributed by atoms with E-state index >= 15 is 0 Å². The van der Waals surface area contributed by atoms with Crippen molar-refractivity contribution < 1.29 is 4.74 Å². The standard InChI is InChI=1S/C16H31NO/c1-6-18-14-10-13(16(14,4)5)17-12-8-7-9-15(2,3)11-12/h12-14,17H,6-11H2,1-5H3. The van der Waals surface area contributed by atoms with Crippen molar-refractivity contribution in [3.8, 4) is 0 Å². The SMILES string of the molecule is CCOC1CC(NC2CCCC(C)(C)C2)C1(C)C. The lowest BCUT2D eigenvalue weighted by Crippen LogP contribution is -2.63. The number of nitrogens with one attached hydrogen (secondary N) is 1. The molecular formula is C16H31NO. The van der Waals surface area contributed by atoms with Crippen molar-refractivity contribution in [1.82, 2.24) is 5.32 Å². The summed E-state index contributed by atoms with van der Waals surface area (Å²) in [4.78, 5) is 0. The van der Waals surface area contributed by atoms with Gasteiger partial charge in [0.05, 0.1) is 6.10 Å². The fourth-order valence-corrected chi connectivity index (χ4v) is 3.78. The quantitative estimate of drug-likeness (QED) is 0.824. The Balaban J connectivity index is 1.84. The normalized spacial score (nSPS) is 38.2. The monoisotopic (exact) mass is 253 g/mol. The van der Waals surface area contributed by atoms with Crippen LogP contribution in [-0.4, -0.2) is 24.8 Å². The first-order valence-electron chi connectivity index (χ1n) is 7.73. The summed E-state index contributed by atoms with van der Waals surface area (Å²) in [6, 6.07) is 1.37. The Kier molecular flexibility index (Phi) is 4.08. The second-order valence-corrected chi connectivity index (χ2v) is 7.68. The van der Waals surface area contributed by atoms with Crippen molar-refractivity contribution in [2.24, 2.45) is 10.8 Å². The van der Waals surface area contributed by atoms with E-state index in [1.54, 1.807) is 0 Å². The van der Waals surface area contributed by atoms with Gasteiger partial charge in [0.1, 0.15) is 0 Å². The van der Waals surface area contributed by atoms with Crippen molar-refractivity contribution in [2.45, 2.75) is 84.9 Å². The van der Waals surface area contributed by atoms with Crippen LogP contribution in [0.1, 0.15) is 66.7 Å². The Bertz CT molecular complexity index is 285. The predicted octanol–water partition coefficient (Wildman–Crippen LogP) is 3.75. The van der Waals surface area contributed by atoms with Gasteiger partial charge < -0.3 is 10.1 Å². The lowest BCUT2D eigenvalue weighted by molar-refractivity contribution is -0.118. The number of rotatable bonds is 4. The maximum absolute atomic E-state index is 5.81. The van der Waals surface area contributed by atoms with Crippen molar-refractivity contribution in [1.29, 1.82) is 0 Å². The average molecular weight is 253 g/mol. The van der Waals surface area contributed by atoms with Crippen LogP contribution in [0.5, 0.6) is 0 Å². The zero-order valence-electron chi connectivity index (χ0n) is 12.9. The van der Waals surface area contributed by atoms with Crippen molar-refractivity contribution in [2.75, 3.05) is 6.61 Å². The molecule has 0 amide bonds. The highest BCUT2D eigenvalue weighted by Crippen LogP contribution is 2.44. The molecule has 3 atom stereocenters. The molecule has 0 bridgehead atoms. The van der Waals surface area contributed by atoms with E-state index in [0.29, 0.717) is 23.0 Å². The molecule has 0 aromatic carbocycles.